The largest absolute Gasteiger partial charge is 0.396 e. The van der Waals surface area contributed by atoms with Crippen LogP contribution < -0.4 is 0 Å². The van der Waals surface area contributed by atoms with Crippen LogP contribution in [0.25, 0.3) is 0 Å². The molecule has 4 rings (SSSR count). The predicted octanol–water partition coefficient (Wildman–Crippen LogP) is 5.73. The maximum absolute atomic E-state index is 15.0. The Kier molecular flexibility index (Phi) is 11.6. The average Bonchev–Trinajstić information content (AvgIpc) is 3.57. The first-order chi connectivity index (χ1) is 21.7. The van der Waals surface area contributed by atoms with E-state index in [4.69, 9.17) is 4.74 Å². The van der Waals surface area contributed by atoms with Gasteiger partial charge in [0.15, 0.2) is 0 Å². The van der Waals surface area contributed by atoms with Crippen molar-refractivity contribution in [3.05, 3.63) is 61.2 Å². The summed E-state index contributed by atoms with van der Waals surface area (Å²) in [5, 5.41) is 9.28. The molecule has 9 heteroatoms. The number of alkyl halides is 1. The first kappa shape index (κ1) is 36.3. The van der Waals surface area contributed by atoms with Crippen molar-refractivity contribution in [3.8, 4) is 0 Å². The minimum absolute atomic E-state index is 0.0456. The number of amides is 3. The molecule has 254 valence electrons. The molecule has 0 aromatic heterocycles. The summed E-state index contributed by atoms with van der Waals surface area (Å²) in [6.07, 6.45) is 7.21. The number of hydrogen-bond donors (Lipinski definition) is 1. The maximum Gasteiger partial charge on any atom is 0.249 e. The Balaban J connectivity index is 1.75. The lowest BCUT2D eigenvalue weighted by atomic mass is 9.70. The number of carbonyl (C=O) groups is 3. The van der Waals surface area contributed by atoms with Crippen molar-refractivity contribution in [3.63, 3.8) is 0 Å². The molecule has 3 aliphatic heterocycles. The van der Waals surface area contributed by atoms with Gasteiger partial charge in [0.25, 0.3) is 0 Å². The van der Waals surface area contributed by atoms with Gasteiger partial charge in [0.1, 0.15) is 11.6 Å². The van der Waals surface area contributed by atoms with E-state index in [9.17, 15) is 19.5 Å². The van der Waals surface area contributed by atoms with Gasteiger partial charge in [-0.1, -0.05) is 92.0 Å². The average molecular weight is 701 g/mol. The molecule has 1 aromatic rings. The van der Waals surface area contributed by atoms with E-state index in [1.54, 1.807) is 22.0 Å². The number of fused-ring (bicyclic) bond motifs is 1. The van der Waals surface area contributed by atoms with Gasteiger partial charge in [0.05, 0.1) is 17.9 Å². The number of aliphatic hydroxyl groups excluding tert-OH is 1. The Morgan fingerprint density at radius 3 is 2.30 bits per heavy atom. The van der Waals surface area contributed by atoms with Crippen LogP contribution in [-0.2, 0) is 25.7 Å². The Morgan fingerprint density at radius 1 is 1.04 bits per heavy atom. The lowest BCUT2D eigenvalue weighted by Crippen LogP contribution is -2.61. The standard InChI is InChI=1S/C37H54BrN3O5/c1-8-19-39(24-26-17-13-12-14-18-26)32(43)28-29-33(44)40(21-15-10-11-16-22-42)31(37(29)23-27(38)30(28)46-37)34(45)41(20-9-2)36(6,7)25-35(3,4)5/h8-9,12-14,17-18,27-31,42H,1-2,10-11,15-16,19-25H2,3-7H3/t27?,28-,29+,30-,31?,37?/m1/s1. The molecule has 6 atom stereocenters. The molecule has 3 saturated heterocycles. The highest BCUT2D eigenvalue weighted by molar-refractivity contribution is 9.09. The summed E-state index contributed by atoms with van der Waals surface area (Å²) < 4.78 is 6.84. The van der Waals surface area contributed by atoms with Gasteiger partial charge in [-0.2, -0.15) is 0 Å². The molecule has 0 saturated carbocycles. The van der Waals surface area contributed by atoms with Crippen LogP contribution >= 0.6 is 15.9 Å². The number of halogens is 1. The van der Waals surface area contributed by atoms with Crippen LogP contribution in [0.5, 0.6) is 0 Å². The number of rotatable bonds is 16. The first-order valence-electron chi connectivity index (χ1n) is 16.8. The zero-order valence-corrected chi connectivity index (χ0v) is 30.0. The third-order valence-corrected chi connectivity index (χ3v) is 10.6. The summed E-state index contributed by atoms with van der Waals surface area (Å²) in [5.74, 6) is -1.96. The van der Waals surface area contributed by atoms with E-state index in [1.165, 1.54) is 0 Å². The second kappa shape index (κ2) is 14.7. The highest BCUT2D eigenvalue weighted by atomic mass is 79.9. The molecule has 46 heavy (non-hydrogen) atoms. The van der Waals surface area contributed by atoms with Crippen molar-refractivity contribution in [1.29, 1.82) is 0 Å². The lowest BCUT2D eigenvalue weighted by molar-refractivity contribution is -0.153. The van der Waals surface area contributed by atoms with Crippen LogP contribution in [-0.4, -0.2) is 91.9 Å². The molecule has 1 spiro atoms. The molecule has 2 bridgehead atoms. The van der Waals surface area contributed by atoms with Crippen molar-refractivity contribution in [1.82, 2.24) is 14.7 Å². The van der Waals surface area contributed by atoms with Crippen LogP contribution in [0.1, 0.15) is 78.7 Å². The minimum Gasteiger partial charge on any atom is -0.396 e. The van der Waals surface area contributed by atoms with Gasteiger partial charge < -0.3 is 24.5 Å². The van der Waals surface area contributed by atoms with Crippen molar-refractivity contribution in [2.24, 2.45) is 17.3 Å². The number of ether oxygens (including phenoxy) is 1. The molecule has 1 N–H and O–H groups in total. The summed E-state index contributed by atoms with van der Waals surface area (Å²) in [6.45, 7) is 20.1. The fourth-order valence-electron chi connectivity index (χ4n) is 8.39. The second-order valence-electron chi connectivity index (χ2n) is 15.1. The van der Waals surface area contributed by atoms with Gasteiger partial charge in [0.2, 0.25) is 17.7 Å². The highest BCUT2D eigenvalue weighted by Crippen LogP contribution is 2.60. The number of unbranched alkanes of at least 4 members (excludes halogenated alkanes) is 3. The van der Waals surface area contributed by atoms with E-state index >= 15 is 0 Å². The summed E-state index contributed by atoms with van der Waals surface area (Å²) in [6, 6.07) is 8.94. The number of hydrogen-bond acceptors (Lipinski definition) is 5. The Morgan fingerprint density at radius 2 is 1.70 bits per heavy atom. The number of carbonyl (C=O) groups excluding carboxylic acids is 3. The van der Waals surface area contributed by atoms with E-state index in [0.717, 1.165) is 24.8 Å². The normalized spacial score (nSPS) is 27.1. The molecule has 3 fully saturated rings. The van der Waals surface area contributed by atoms with Gasteiger partial charge in [-0.15, -0.1) is 13.2 Å². The quantitative estimate of drug-likeness (QED) is 0.135. The SMILES string of the molecule is C=CCN(Cc1ccccc1)C(=O)[C@H]1[C@@H]2OC3(CC2Br)C(C(=O)N(CC=C)C(C)(C)CC(C)(C)C)N(CCCCCCO)C(=O)[C@H]13. The molecule has 3 heterocycles. The highest BCUT2D eigenvalue weighted by Gasteiger charge is 2.77. The van der Waals surface area contributed by atoms with E-state index in [0.29, 0.717) is 45.4 Å². The number of benzene rings is 1. The molecule has 8 nitrogen and oxygen atoms in total. The van der Waals surface area contributed by atoms with E-state index in [2.05, 4.69) is 63.7 Å². The Labute approximate surface area is 284 Å². The maximum atomic E-state index is 15.0. The smallest absolute Gasteiger partial charge is 0.249 e. The van der Waals surface area contributed by atoms with Gasteiger partial charge in [-0.3, -0.25) is 14.4 Å². The van der Waals surface area contributed by atoms with E-state index in [1.807, 2.05) is 35.2 Å². The third-order valence-electron chi connectivity index (χ3n) is 9.76. The fourth-order valence-corrected chi connectivity index (χ4v) is 9.33. The van der Waals surface area contributed by atoms with Gasteiger partial charge in [-0.05, 0) is 50.5 Å². The van der Waals surface area contributed by atoms with Crippen molar-refractivity contribution in [2.75, 3.05) is 26.2 Å². The summed E-state index contributed by atoms with van der Waals surface area (Å²) in [7, 11) is 0. The van der Waals surface area contributed by atoms with Crippen molar-refractivity contribution in [2.45, 2.75) is 108 Å². The molecular formula is C37H54BrN3O5. The summed E-state index contributed by atoms with van der Waals surface area (Å²) in [4.78, 5) is 49.3. The number of likely N-dealkylation sites (tertiary alicyclic amines) is 1. The third kappa shape index (κ3) is 7.31. The monoisotopic (exact) mass is 699 g/mol. The van der Waals surface area contributed by atoms with E-state index in [-0.39, 0.29) is 34.6 Å². The Bertz CT molecular complexity index is 1260. The van der Waals surface area contributed by atoms with Crippen molar-refractivity contribution < 1.29 is 24.2 Å². The van der Waals surface area contributed by atoms with Crippen LogP contribution in [0.15, 0.2) is 55.6 Å². The molecule has 1 aromatic carbocycles. The topological polar surface area (TPSA) is 90.4 Å². The number of nitrogens with zero attached hydrogens (tertiary/aromatic N) is 3. The van der Waals surface area contributed by atoms with Crippen molar-refractivity contribution >= 4 is 33.7 Å². The summed E-state index contributed by atoms with van der Waals surface area (Å²) in [5.41, 5.74) is -0.703. The first-order valence-corrected chi connectivity index (χ1v) is 17.7. The van der Waals surface area contributed by atoms with Gasteiger partial charge in [-0.25, -0.2) is 0 Å². The van der Waals surface area contributed by atoms with Crippen LogP contribution in [0.2, 0.25) is 0 Å². The van der Waals surface area contributed by atoms with Gasteiger partial charge in [0, 0.05) is 43.2 Å². The van der Waals surface area contributed by atoms with Gasteiger partial charge >= 0.3 is 0 Å². The second-order valence-corrected chi connectivity index (χ2v) is 16.3. The zero-order valence-electron chi connectivity index (χ0n) is 28.4. The van der Waals surface area contributed by atoms with E-state index < -0.39 is 35.1 Å². The molecule has 3 aliphatic rings. The lowest BCUT2D eigenvalue weighted by Gasteiger charge is -2.45. The van der Waals surface area contributed by atoms with Crippen LogP contribution in [0.4, 0.5) is 0 Å². The molecule has 3 amide bonds. The molecule has 0 radical (unpaired) electrons. The zero-order chi connectivity index (χ0) is 33.9. The Hall–Kier alpha value is -2.49. The summed E-state index contributed by atoms with van der Waals surface area (Å²) >= 11 is 3.82. The number of aliphatic hydroxyl groups is 1. The fraction of sp³-hybridized carbons (Fsp3) is 0.649. The molecular weight excluding hydrogens is 646 g/mol. The predicted molar refractivity (Wildman–Crippen MR) is 185 cm³/mol. The molecule has 0 aliphatic carbocycles. The van der Waals surface area contributed by atoms with Crippen LogP contribution in [0.3, 0.4) is 0 Å². The minimum atomic E-state index is -1.12. The molecule has 3 unspecified atom stereocenters. The van der Waals surface area contributed by atoms with Crippen LogP contribution in [0, 0.1) is 17.3 Å².